The summed E-state index contributed by atoms with van der Waals surface area (Å²) in [5.74, 6) is -0.596. The number of carbonyl (C=O) groups excluding carboxylic acids is 1. The van der Waals surface area contributed by atoms with Crippen molar-refractivity contribution in [2.45, 2.75) is 11.7 Å². The first-order valence-corrected chi connectivity index (χ1v) is 11.4. The van der Waals surface area contributed by atoms with Crippen LogP contribution in [0.3, 0.4) is 0 Å². The molecule has 3 aromatic rings. The summed E-state index contributed by atoms with van der Waals surface area (Å²) in [5.41, 5.74) is 2.01. The Morgan fingerprint density at radius 1 is 1.09 bits per heavy atom. The maximum Gasteiger partial charge on any atom is 0.272 e. The van der Waals surface area contributed by atoms with E-state index in [0.717, 1.165) is 5.56 Å². The molecule has 0 spiro atoms. The van der Waals surface area contributed by atoms with Gasteiger partial charge < -0.3 is 9.64 Å². The lowest BCUT2D eigenvalue weighted by molar-refractivity contribution is 0.0620. The van der Waals surface area contributed by atoms with Crippen LogP contribution in [0.4, 0.5) is 8.78 Å². The van der Waals surface area contributed by atoms with E-state index in [0.29, 0.717) is 49.3 Å². The molecule has 1 aliphatic rings. The minimum atomic E-state index is -0.377. The second kappa shape index (κ2) is 9.70. The van der Waals surface area contributed by atoms with Gasteiger partial charge in [0.05, 0.1) is 13.3 Å². The number of hydrogen-bond acceptors (Lipinski definition) is 5. The van der Waals surface area contributed by atoms with Crippen LogP contribution in [0.25, 0.3) is 5.69 Å². The van der Waals surface area contributed by atoms with E-state index in [-0.39, 0.29) is 23.3 Å². The van der Waals surface area contributed by atoms with Gasteiger partial charge in [-0.15, -0.1) is 0 Å². The highest BCUT2D eigenvalue weighted by molar-refractivity contribution is 7.98. The average Bonchev–Trinajstić information content (AvgIpc) is 3.24. The summed E-state index contributed by atoms with van der Waals surface area (Å²) < 4.78 is 34.1. The topological polar surface area (TPSA) is 50.6 Å². The minimum Gasteiger partial charge on any atom is -0.494 e. The molecular weight excluding hydrogens is 434 g/mol. The Bertz CT molecular complexity index is 1100. The van der Waals surface area contributed by atoms with Gasteiger partial charge in [-0.05, 0) is 48.2 Å². The molecular formula is C23H24F2N4O2S. The number of halogens is 2. The normalized spacial score (nSPS) is 14.6. The number of rotatable bonds is 6. The smallest absolute Gasteiger partial charge is 0.272 e. The van der Waals surface area contributed by atoms with Crippen LogP contribution in [0.15, 0.2) is 53.8 Å². The SMILES string of the molecule is COc1ccc(CN2CCN(C(=O)c3cnc(SC)n3-c3ccc(F)cc3)CC2)cc1F. The molecule has 1 aliphatic heterocycles. The van der Waals surface area contributed by atoms with Gasteiger partial charge >= 0.3 is 0 Å². The van der Waals surface area contributed by atoms with Crippen LogP contribution < -0.4 is 4.74 Å². The number of thioether (sulfide) groups is 1. The largest absolute Gasteiger partial charge is 0.494 e. The summed E-state index contributed by atoms with van der Waals surface area (Å²) in [5, 5.41) is 0.667. The van der Waals surface area contributed by atoms with Gasteiger partial charge in [0, 0.05) is 38.4 Å². The first-order chi connectivity index (χ1) is 15.5. The van der Waals surface area contributed by atoms with Crippen molar-refractivity contribution in [3.8, 4) is 11.4 Å². The molecule has 0 atom stereocenters. The third-order valence-corrected chi connectivity index (χ3v) is 6.15. The molecule has 1 aromatic heterocycles. The van der Waals surface area contributed by atoms with Crippen molar-refractivity contribution >= 4 is 17.7 Å². The van der Waals surface area contributed by atoms with Crippen LogP contribution in [-0.2, 0) is 6.54 Å². The number of carbonyl (C=O) groups is 1. The number of ether oxygens (including phenoxy) is 1. The van der Waals surface area contributed by atoms with Crippen molar-refractivity contribution in [2.75, 3.05) is 39.5 Å². The Kier molecular flexibility index (Phi) is 6.76. The van der Waals surface area contributed by atoms with Gasteiger partial charge in [0.25, 0.3) is 5.91 Å². The fourth-order valence-corrected chi connectivity index (χ4v) is 4.35. The lowest BCUT2D eigenvalue weighted by Crippen LogP contribution is -2.48. The van der Waals surface area contributed by atoms with E-state index in [4.69, 9.17) is 4.74 Å². The van der Waals surface area contributed by atoms with Crippen LogP contribution in [0, 0.1) is 11.6 Å². The summed E-state index contributed by atoms with van der Waals surface area (Å²) in [7, 11) is 1.44. The van der Waals surface area contributed by atoms with Gasteiger partial charge in [-0.2, -0.15) is 0 Å². The van der Waals surface area contributed by atoms with Crippen molar-refractivity contribution in [1.82, 2.24) is 19.4 Å². The first kappa shape index (κ1) is 22.3. The molecule has 2 heterocycles. The maximum atomic E-state index is 14.0. The van der Waals surface area contributed by atoms with Crippen molar-refractivity contribution in [1.29, 1.82) is 0 Å². The summed E-state index contributed by atoms with van der Waals surface area (Å²) in [6, 6.07) is 11.0. The van der Waals surface area contributed by atoms with Crippen LogP contribution >= 0.6 is 11.8 Å². The monoisotopic (exact) mass is 458 g/mol. The predicted molar refractivity (Wildman–Crippen MR) is 119 cm³/mol. The molecule has 0 saturated carbocycles. The predicted octanol–water partition coefficient (Wildman–Crippen LogP) is 3.84. The number of amides is 1. The lowest BCUT2D eigenvalue weighted by Gasteiger charge is -2.34. The van der Waals surface area contributed by atoms with Gasteiger partial charge in [-0.3, -0.25) is 14.3 Å². The quantitative estimate of drug-likeness (QED) is 0.526. The molecule has 4 rings (SSSR count). The summed E-state index contributed by atoms with van der Waals surface area (Å²) in [4.78, 5) is 21.6. The number of nitrogens with zero attached hydrogens (tertiary/aromatic N) is 4. The number of imidazole rings is 1. The third-order valence-electron chi connectivity index (χ3n) is 5.50. The molecule has 0 bridgehead atoms. The Labute approximate surface area is 189 Å². The van der Waals surface area contributed by atoms with E-state index in [2.05, 4.69) is 9.88 Å². The lowest BCUT2D eigenvalue weighted by atomic mass is 10.1. The summed E-state index contributed by atoms with van der Waals surface area (Å²) >= 11 is 1.42. The third kappa shape index (κ3) is 4.63. The molecule has 0 radical (unpaired) electrons. The van der Waals surface area contributed by atoms with Crippen molar-refractivity contribution < 1.29 is 18.3 Å². The Morgan fingerprint density at radius 3 is 2.44 bits per heavy atom. The molecule has 1 saturated heterocycles. The second-order valence-electron chi connectivity index (χ2n) is 7.48. The van der Waals surface area contributed by atoms with Gasteiger partial charge in [-0.25, -0.2) is 13.8 Å². The zero-order valence-electron chi connectivity index (χ0n) is 17.9. The van der Waals surface area contributed by atoms with Gasteiger partial charge in [0.2, 0.25) is 0 Å². The van der Waals surface area contributed by atoms with E-state index in [9.17, 15) is 13.6 Å². The highest BCUT2D eigenvalue weighted by atomic mass is 32.2. The van der Waals surface area contributed by atoms with E-state index >= 15 is 0 Å². The van der Waals surface area contributed by atoms with Crippen LogP contribution in [0.5, 0.6) is 5.75 Å². The number of hydrogen-bond donors (Lipinski definition) is 0. The average molecular weight is 459 g/mol. The first-order valence-electron chi connectivity index (χ1n) is 10.2. The Hall–Kier alpha value is -2.91. The minimum absolute atomic E-state index is 0.114. The van der Waals surface area contributed by atoms with Crippen molar-refractivity contribution in [3.63, 3.8) is 0 Å². The van der Waals surface area contributed by atoms with Crippen LogP contribution in [0.2, 0.25) is 0 Å². The zero-order valence-corrected chi connectivity index (χ0v) is 18.7. The Morgan fingerprint density at radius 2 is 1.81 bits per heavy atom. The zero-order chi connectivity index (χ0) is 22.7. The van der Waals surface area contributed by atoms with Gasteiger partial charge in [0.1, 0.15) is 11.5 Å². The number of methoxy groups -OCH3 is 1. The van der Waals surface area contributed by atoms with E-state index in [1.165, 1.54) is 37.1 Å². The van der Waals surface area contributed by atoms with Crippen LogP contribution in [0.1, 0.15) is 16.1 Å². The van der Waals surface area contributed by atoms with Crippen LogP contribution in [-0.4, -0.2) is 64.8 Å². The molecule has 0 N–H and O–H groups in total. The molecule has 9 heteroatoms. The molecule has 2 aromatic carbocycles. The number of aromatic nitrogens is 2. The molecule has 32 heavy (non-hydrogen) atoms. The van der Waals surface area contributed by atoms with Gasteiger partial charge in [0.15, 0.2) is 16.7 Å². The molecule has 0 aliphatic carbocycles. The second-order valence-corrected chi connectivity index (χ2v) is 8.25. The Balaban J connectivity index is 1.44. The van der Waals surface area contributed by atoms with E-state index in [1.807, 2.05) is 12.3 Å². The fraction of sp³-hybridized carbons (Fsp3) is 0.304. The number of benzene rings is 2. The molecule has 1 amide bonds. The van der Waals surface area contributed by atoms with E-state index in [1.54, 1.807) is 33.9 Å². The molecule has 168 valence electrons. The van der Waals surface area contributed by atoms with E-state index < -0.39 is 0 Å². The molecule has 1 fully saturated rings. The summed E-state index contributed by atoms with van der Waals surface area (Å²) in [6.45, 7) is 3.08. The molecule has 6 nitrogen and oxygen atoms in total. The highest BCUT2D eigenvalue weighted by Crippen LogP contribution is 2.24. The standard InChI is InChI=1S/C23H24F2N4O2S/c1-31-21-8-3-16(13-19(21)25)15-27-9-11-28(12-10-27)22(30)20-14-26-23(32-2)29(20)18-6-4-17(24)5-7-18/h3-8,13-14H,9-12,15H2,1-2H3. The molecule has 0 unspecified atom stereocenters. The maximum absolute atomic E-state index is 14.0. The highest BCUT2D eigenvalue weighted by Gasteiger charge is 2.26. The fourth-order valence-electron chi connectivity index (χ4n) is 3.81. The summed E-state index contributed by atoms with van der Waals surface area (Å²) in [6.07, 6.45) is 3.46. The van der Waals surface area contributed by atoms with Crippen molar-refractivity contribution in [3.05, 3.63) is 71.6 Å². The van der Waals surface area contributed by atoms with Gasteiger partial charge in [-0.1, -0.05) is 17.8 Å². The van der Waals surface area contributed by atoms with Crippen molar-refractivity contribution in [2.24, 2.45) is 0 Å². The number of piperazine rings is 1.